The van der Waals surface area contributed by atoms with Crippen molar-refractivity contribution >= 4 is 9.76 Å². The average molecular weight is 531 g/mol. The van der Waals surface area contributed by atoms with Gasteiger partial charge in [-0.15, -0.1) is 0 Å². The molecule has 0 aliphatic heterocycles. The van der Waals surface area contributed by atoms with Crippen molar-refractivity contribution < 1.29 is 19.4 Å². The number of aliphatic hydroxyl groups excluding tert-OH is 1. The molecule has 0 radical (unpaired) electrons. The molecule has 3 aromatic carbocycles. The normalized spacial score (nSPS) is 11.4. The van der Waals surface area contributed by atoms with E-state index < -0.39 is 15.4 Å². The number of hydrogen-bond acceptors (Lipinski definition) is 6. The molecule has 200 valence electrons. The topological polar surface area (TPSA) is 106 Å². The standard InChI is InChI=1S/C17H17NO2.C14H21NO2Si/c18-12-16-9-8-15(13-19)11-17(16)20-10-4-7-14-5-2-1-3-6-14;1-13(2,3)18-17-14(4,5)11-7-6-10(9-15)12(16)8-11/h1-3,5-6,8-9,11,19H,4,7,10,13H2;6-8,16H,18H2,1-5H3. The minimum Gasteiger partial charge on any atom is -0.507 e. The van der Waals surface area contributed by atoms with Crippen LogP contribution in [0.3, 0.4) is 0 Å². The molecule has 3 rings (SSSR count). The second kappa shape index (κ2) is 14.4. The van der Waals surface area contributed by atoms with Gasteiger partial charge in [-0.25, -0.2) is 0 Å². The molecule has 2 N–H and O–H groups in total. The van der Waals surface area contributed by atoms with E-state index in [0.29, 0.717) is 23.5 Å². The first-order valence-electron chi connectivity index (χ1n) is 12.7. The summed E-state index contributed by atoms with van der Waals surface area (Å²) in [7, 11) is -0.672. The zero-order valence-electron chi connectivity index (χ0n) is 23.0. The molecule has 0 fully saturated rings. The Morgan fingerprint density at radius 3 is 2.08 bits per heavy atom. The summed E-state index contributed by atoms with van der Waals surface area (Å²) in [5.74, 6) is 0.566. The van der Waals surface area contributed by atoms with Crippen molar-refractivity contribution in [3.63, 3.8) is 0 Å². The van der Waals surface area contributed by atoms with Gasteiger partial charge < -0.3 is 19.4 Å². The predicted octanol–water partition coefficient (Wildman–Crippen LogP) is 5.88. The van der Waals surface area contributed by atoms with Gasteiger partial charge in [0, 0.05) is 0 Å². The monoisotopic (exact) mass is 530 g/mol. The van der Waals surface area contributed by atoms with Crippen LogP contribution in [0.15, 0.2) is 66.7 Å². The molecular formula is C31H38N2O4Si. The molecule has 38 heavy (non-hydrogen) atoms. The van der Waals surface area contributed by atoms with Crippen molar-refractivity contribution in [2.24, 2.45) is 0 Å². The van der Waals surface area contributed by atoms with E-state index in [2.05, 4.69) is 39.0 Å². The van der Waals surface area contributed by atoms with Gasteiger partial charge in [-0.05, 0) is 72.7 Å². The van der Waals surface area contributed by atoms with Crippen LogP contribution in [0.1, 0.15) is 68.9 Å². The summed E-state index contributed by atoms with van der Waals surface area (Å²) in [5.41, 5.74) is 3.30. The number of rotatable bonds is 9. The Labute approximate surface area is 229 Å². The number of phenolic OH excluding ortho intramolecular Hbond substituents is 1. The van der Waals surface area contributed by atoms with E-state index in [1.54, 1.807) is 30.3 Å². The maximum Gasteiger partial charge on any atom is 0.168 e. The maximum atomic E-state index is 9.72. The molecule has 3 aromatic rings. The Balaban J connectivity index is 0.000000269. The average Bonchev–Trinajstić information content (AvgIpc) is 2.90. The van der Waals surface area contributed by atoms with E-state index in [1.807, 2.05) is 44.2 Å². The van der Waals surface area contributed by atoms with Crippen LogP contribution in [0.5, 0.6) is 11.5 Å². The first kappa shape index (κ1) is 30.6. The first-order valence-corrected chi connectivity index (χ1v) is 14.0. The molecule has 0 amide bonds. The van der Waals surface area contributed by atoms with E-state index in [-0.39, 0.29) is 17.4 Å². The fraction of sp³-hybridized carbons (Fsp3) is 0.355. The van der Waals surface area contributed by atoms with Crippen molar-refractivity contribution in [1.82, 2.24) is 0 Å². The van der Waals surface area contributed by atoms with Crippen LogP contribution >= 0.6 is 0 Å². The number of hydrogen-bond donors (Lipinski definition) is 2. The van der Waals surface area contributed by atoms with Crippen LogP contribution in [0.4, 0.5) is 0 Å². The number of nitrogens with zero attached hydrogens (tertiary/aromatic N) is 2. The zero-order valence-corrected chi connectivity index (χ0v) is 24.4. The molecular weight excluding hydrogens is 492 g/mol. The molecule has 0 saturated heterocycles. The second-order valence-corrected chi connectivity index (χ2v) is 13.4. The number of ether oxygens (including phenoxy) is 1. The van der Waals surface area contributed by atoms with Crippen LogP contribution < -0.4 is 4.74 Å². The quantitative estimate of drug-likeness (QED) is 0.264. The fourth-order valence-corrected chi connectivity index (χ4v) is 4.42. The second-order valence-electron chi connectivity index (χ2n) is 10.7. The Bertz CT molecular complexity index is 1260. The van der Waals surface area contributed by atoms with Crippen LogP contribution in [-0.2, 0) is 23.1 Å². The van der Waals surface area contributed by atoms with Crippen LogP contribution in [-0.4, -0.2) is 26.6 Å². The van der Waals surface area contributed by atoms with Gasteiger partial charge in [0.1, 0.15) is 23.6 Å². The summed E-state index contributed by atoms with van der Waals surface area (Å²) in [4.78, 5) is 0. The summed E-state index contributed by atoms with van der Waals surface area (Å²) < 4.78 is 11.7. The first-order chi connectivity index (χ1) is 18.0. The highest BCUT2D eigenvalue weighted by Crippen LogP contribution is 2.32. The highest BCUT2D eigenvalue weighted by Gasteiger charge is 2.25. The number of aliphatic hydroxyl groups is 1. The molecule has 0 spiro atoms. The Morgan fingerprint density at radius 1 is 0.842 bits per heavy atom. The van der Waals surface area contributed by atoms with Crippen molar-refractivity contribution in [2.75, 3.05) is 6.61 Å². The van der Waals surface area contributed by atoms with Gasteiger partial charge in [0.15, 0.2) is 9.76 Å². The highest BCUT2D eigenvalue weighted by atomic mass is 28.2. The highest BCUT2D eigenvalue weighted by molar-refractivity contribution is 6.31. The molecule has 0 aliphatic rings. The van der Waals surface area contributed by atoms with Crippen molar-refractivity contribution in [1.29, 1.82) is 10.5 Å². The third-order valence-electron chi connectivity index (χ3n) is 5.74. The van der Waals surface area contributed by atoms with Gasteiger partial charge in [0.25, 0.3) is 0 Å². The third kappa shape index (κ3) is 10.0. The summed E-state index contributed by atoms with van der Waals surface area (Å²) in [6.07, 6.45) is 1.83. The summed E-state index contributed by atoms with van der Waals surface area (Å²) in [6, 6.07) is 24.5. The molecule has 0 aliphatic carbocycles. The molecule has 0 aromatic heterocycles. The van der Waals surface area contributed by atoms with Gasteiger partial charge in [-0.3, -0.25) is 0 Å². The third-order valence-corrected chi connectivity index (χ3v) is 7.47. The summed E-state index contributed by atoms with van der Waals surface area (Å²) >= 11 is 0. The SMILES string of the molecule is CC(C)(C)[SiH2]OC(C)(C)c1ccc(C#N)c(O)c1.N#Cc1ccc(CO)cc1OCCCc1ccccc1. The minimum atomic E-state index is -0.672. The fourth-order valence-electron chi connectivity index (χ4n) is 3.46. The summed E-state index contributed by atoms with van der Waals surface area (Å²) in [6.45, 7) is 11.0. The van der Waals surface area contributed by atoms with Gasteiger partial charge in [-0.1, -0.05) is 63.2 Å². The van der Waals surface area contributed by atoms with E-state index in [4.69, 9.17) is 24.8 Å². The molecule has 0 bridgehead atoms. The lowest BCUT2D eigenvalue weighted by Gasteiger charge is -2.30. The largest absolute Gasteiger partial charge is 0.507 e. The molecule has 0 atom stereocenters. The molecule has 6 nitrogen and oxygen atoms in total. The molecule has 0 heterocycles. The molecule has 7 heteroatoms. The van der Waals surface area contributed by atoms with Gasteiger partial charge >= 0.3 is 0 Å². The van der Waals surface area contributed by atoms with Crippen LogP contribution in [0, 0.1) is 22.7 Å². The lowest BCUT2D eigenvalue weighted by atomic mass is 9.97. The summed E-state index contributed by atoms with van der Waals surface area (Å²) in [5, 5.41) is 36.9. The maximum absolute atomic E-state index is 9.72. The van der Waals surface area contributed by atoms with Crippen molar-refractivity contribution in [2.45, 2.75) is 64.7 Å². The van der Waals surface area contributed by atoms with Crippen molar-refractivity contribution in [3.05, 3.63) is 94.5 Å². The van der Waals surface area contributed by atoms with Gasteiger partial charge in [0.05, 0.1) is 29.9 Å². The van der Waals surface area contributed by atoms with E-state index in [0.717, 1.165) is 24.0 Å². The molecule has 0 unspecified atom stereocenters. The van der Waals surface area contributed by atoms with Gasteiger partial charge in [0.2, 0.25) is 0 Å². The number of aromatic hydroxyl groups is 1. The minimum absolute atomic E-state index is 0.0177. The van der Waals surface area contributed by atoms with E-state index in [9.17, 15) is 5.11 Å². The lowest BCUT2D eigenvalue weighted by molar-refractivity contribution is 0.109. The Morgan fingerprint density at radius 2 is 1.50 bits per heavy atom. The Kier molecular flexibility index (Phi) is 11.6. The number of aryl methyl sites for hydroxylation is 1. The van der Waals surface area contributed by atoms with Gasteiger partial charge in [-0.2, -0.15) is 10.5 Å². The van der Waals surface area contributed by atoms with Crippen molar-refractivity contribution in [3.8, 4) is 23.6 Å². The van der Waals surface area contributed by atoms with E-state index in [1.165, 1.54) is 5.56 Å². The lowest BCUT2D eigenvalue weighted by Crippen LogP contribution is -2.27. The predicted molar refractivity (Wildman–Crippen MR) is 153 cm³/mol. The number of benzene rings is 3. The Hall–Kier alpha value is -3.62. The number of phenols is 1. The molecule has 0 saturated carbocycles. The van der Waals surface area contributed by atoms with Crippen LogP contribution in [0.2, 0.25) is 5.04 Å². The zero-order chi connectivity index (χ0) is 28.2. The number of nitriles is 2. The van der Waals surface area contributed by atoms with Crippen LogP contribution in [0.25, 0.3) is 0 Å². The van der Waals surface area contributed by atoms with E-state index >= 15 is 0 Å². The smallest absolute Gasteiger partial charge is 0.168 e.